The molecule has 0 saturated carbocycles. The number of aryl methyl sites for hydroxylation is 2. The number of carboxylic acids is 1. The molecular formula is C22H26Cl2N4O4. The molecule has 0 fully saturated rings. The summed E-state index contributed by atoms with van der Waals surface area (Å²) in [6, 6.07) is 7.31. The molecule has 8 nitrogen and oxygen atoms in total. The Morgan fingerprint density at radius 2 is 1.97 bits per heavy atom. The van der Waals surface area contributed by atoms with E-state index >= 15 is 0 Å². The van der Waals surface area contributed by atoms with Crippen LogP contribution in [0.1, 0.15) is 37.1 Å². The summed E-state index contributed by atoms with van der Waals surface area (Å²) in [6.07, 6.45) is 2.90. The molecule has 0 radical (unpaired) electrons. The predicted molar refractivity (Wildman–Crippen MR) is 122 cm³/mol. The van der Waals surface area contributed by atoms with Crippen LogP contribution >= 0.6 is 23.2 Å². The zero-order valence-electron chi connectivity index (χ0n) is 18.2. The highest BCUT2D eigenvalue weighted by Crippen LogP contribution is 2.24. The van der Waals surface area contributed by atoms with E-state index in [1.54, 1.807) is 30.1 Å². The Labute approximate surface area is 196 Å². The van der Waals surface area contributed by atoms with Gasteiger partial charge in [0, 0.05) is 40.6 Å². The van der Waals surface area contributed by atoms with E-state index in [-0.39, 0.29) is 12.5 Å². The van der Waals surface area contributed by atoms with Gasteiger partial charge < -0.3 is 14.6 Å². The van der Waals surface area contributed by atoms with Crippen molar-refractivity contribution in [3.8, 4) is 11.8 Å². The van der Waals surface area contributed by atoms with Crippen LogP contribution in [0.25, 0.3) is 0 Å². The number of benzene rings is 1. The van der Waals surface area contributed by atoms with E-state index in [2.05, 4.69) is 10.2 Å². The molecule has 1 aromatic carbocycles. The van der Waals surface area contributed by atoms with Gasteiger partial charge in [0.2, 0.25) is 11.8 Å². The second kappa shape index (κ2) is 10.7. The Morgan fingerprint density at radius 3 is 2.66 bits per heavy atom. The minimum atomic E-state index is -0.926. The topological polar surface area (TPSA) is 91.4 Å². The molecule has 0 amide bonds. The van der Waals surface area contributed by atoms with Gasteiger partial charge in [0.05, 0.1) is 25.7 Å². The smallest absolute Gasteiger partial charge is 0.308 e. The molecule has 2 aromatic heterocycles. The monoisotopic (exact) mass is 480 g/mol. The minimum absolute atomic E-state index is 0.00506. The first kappa shape index (κ1) is 23.9. The van der Waals surface area contributed by atoms with E-state index in [0.29, 0.717) is 53.4 Å². The van der Waals surface area contributed by atoms with Gasteiger partial charge in [-0.25, -0.2) is 0 Å². The molecule has 172 valence electrons. The number of hydrogen-bond donors (Lipinski definition) is 1. The third kappa shape index (κ3) is 6.64. The number of ether oxygens (including phenoxy) is 2. The molecule has 0 bridgehead atoms. The summed E-state index contributed by atoms with van der Waals surface area (Å²) in [5, 5.41) is 19.0. The van der Waals surface area contributed by atoms with Crippen LogP contribution < -0.4 is 9.47 Å². The third-order valence-corrected chi connectivity index (χ3v) is 5.14. The Hall–Kier alpha value is -2.71. The Morgan fingerprint density at radius 1 is 1.19 bits per heavy atom. The molecule has 0 spiro atoms. The van der Waals surface area contributed by atoms with E-state index in [4.69, 9.17) is 37.8 Å². The summed E-state index contributed by atoms with van der Waals surface area (Å²) in [5.74, 6) is -0.0278. The first-order chi connectivity index (χ1) is 15.2. The Balaban J connectivity index is 1.67. The SMILES string of the molecule is CC(C)Oc1cc(CCCOc2nn(C)cc2CC(=O)O)n(Cc2ccc(Cl)cc2Cl)n1. The zero-order valence-corrected chi connectivity index (χ0v) is 19.7. The van der Waals surface area contributed by atoms with Gasteiger partial charge in [-0.05, 0) is 44.4 Å². The number of nitrogens with zero attached hydrogens (tertiary/aromatic N) is 4. The highest BCUT2D eigenvalue weighted by Gasteiger charge is 2.15. The number of aromatic nitrogens is 4. The molecule has 1 N–H and O–H groups in total. The summed E-state index contributed by atoms with van der Waals surface area (Å²) in [6.45, 7) is 4.77. The van der Waals surface area contributed by atoms with Gasteiger partial charge in [0.15, 0.2) is 0 Å². The lowest BCUT2D eigenvalue weighted by Gasteiger charge is -2.10. The van der Waals surface area contributed by atoms with Gasteiger partial charge in [-0.2, -0.15) is 0 Å². The average molecular weight is 481 g/mol. The molecule has 32 heavy (non-hydrogen) atoms. The molecule has 0 unspecified atom stereocenters. The fraction of sp³-hybridized carbons (Fsp3) is 0.409. The summed E-state index contributed by atoms with van der Waals surface area (Å²) in [4.78, 5) is 11.0. The number of hydrogen-bond acceptors (Lipinski definition) is 5. The van der Waals surface area contributed by atoms with Crippen molar-refractivity contribution in [2.75, 3.05) is 6.61 Å². The highest BCUT2D eigenvalue weighted by atomic mass is 35.5. The van der Waals surface area contributed by atoms with Crippen molar-refractivity contribution in [3.05, 3.63) is 57.3 Å². The van der Waals surface area contributed by atoms with E-state index in [9.17, 15) is 4.79 Å². The van der Waals surface area contributed by atoms with Gasteiger partial charge in [0.25, 0.3) is 0 Å². The summed E-state index contributed by atoms with van der Waals surface area (Å²) < 4.78 is 14.9. The largest absolute Gasteiger partial charge is 0.481 e. The molecule has 0 aliphatic rings. The van der Waals surface area contributed by atoms with Crippen LogP contribution in [0.4, 0.5) is 0 Å². The van der Waals surface area contributed by atoms with Gasteiger partial charge in [-0.15, -0.1) is 10.2 Å². The molecule has 0 aliphatic heterocycles. The minimum Gasteiger partial charge on any atom is -0.481 e. The quantitative estimate of drug-likeness (QED) is 0.409. The van der Waals surface area contributed by atoms with Gasteiger partial charge >= 0.3 is 5.97 Å². The number of carbonyl (C=O) groups is 1. The number of rotatable bonds is 11. The predicted octanol–water partition coefficient (Wildman–Crippen LogP) is 4.40. The van der Waals surface area contributed by atoms with Crippen molar-refractivity contribution in [2.45, 2.75) is 45.8 Å². The van der Waals surface area contributed by atoms with Crippen LogP contribution in [0.3, 0.4) is 0 Å². The van der Waals surface area contributed by atoms with Gasteiger partial charge in [-0.3, -0.25) is 14.2 Å². The maximum absolute atomic E-state index is 11.0. The second-order valence-corrected chi connectivity index (χ2v) is 8.53. The molecule has 2 heterocycles. The van der Waals surface area contributed by atoms with Crippen molar-refractivity contribution >= 4 is 29.2 Å². The number of aliphatic carboxylic acids is 1. The van der Waals surface area contributed by atoms with Crippen LogP contribution in [0, 0.1) is 0 Å². The normalized spacial score (nSPS) is 11.2. The first-order valence-electron chi connectivity index (χ1n) is 10.3. The highest BCUT2D eigenvalue weighted by molar-refractivity contribution is 6.35. The lowest BCUT2D eigenvalue weighted by Crippen LogP contribution is -2.10. The summed E-state index contributed by atoms with van der Waals surface area (Å²) in [7, 11) is 1.73. The van der Waals surface area contributed by atoms with Crippen molar-refractivity contribution in [2.24, 2.45) is 7.05 Å². The molecule has 3 rings (SSSR count). The lowest BCUT2D eigenvalue weighted by molar-refractivity contribution is -0.136. The third-order valence-electron chi connectivity index (χ3n) is 4.56. The van der Waals surface area contributed by atoms with Crippen molar-refractivity contribution in [3.63, 3.8) is 0 Å². The van der Waals surface area contributed by atoms with Crippen LogP contribution in [0.2, 0.25) is 10.0 Å². The van der Waals surface area contributed by atoms with Crippen LogP contribution in [-0.2, 0) is 31.2 Å². The molecule has 0 atom stereocenters. The van der Waals surface area contributed by atoms with Crippen LogP contribution in [0.15, 0.2) is 30.5 Å². The fourth-order valence-electron chi connectivity index (χ4n) is 3.22. The Kier molecular flexibility index (Phi) is 8.04. The fourth-order valence-corrected chi connectivity index (χ4v) is 3.69. The van der Waals surface area contributed by atoms with Crippen molar-refractivity contribution in [1.82, 2.24) is 19.6 Å². The number of halogens is 2. The second-order valence-electron chi connectivity index (χ2n) is 7.69. The molecule has 0 saturated heterocycles. The molecule has 3 aromatic rings. The lowest BCUT2D eigenvalue weighted by atomic mass is 10.2. The van der Waals surface area contributed by atoms with Gasteiger partial charge in [0.1, 0.15) is 0 Å². The van der Waals surface area contributed by atoms with Gasteiger partial charge in [-0.1, -0.05) is 29.3 Å². The van der Waals surface area contributed by atoms with Crippen molar-refractivity contribution in [1.29, 1.82) is 0 Å². The van der Waals surface area contributed by atoms with E-state index in [1.165, 1.54) is 0 Å². The van der Waals surface area contributed by atoms with E-state index in [1.807, 2.05) is 30.7 Å². The average Bonchev–Trinajstić information content (AvgIpc) is 3.22. The maximum atomic E-state index is 11.0. The van der Waals surface area contributed by atoms with Crippen LogP contribution in [0.5, 0.6) is 11.8 Å². The number of carboxylic acid groups (broad SMARTS) is 1. The van der Waals surface area contributed by atoms with Crippen molar-refractivity contribution < 1.29 is 19.4 Å². The Bertz CT molecular complexity index is 1080. The van der Waals surface area contributed by atoms with Crippen LogP contribution in [-0.4, -0.2) is 43.3 Å². The molecular weight excluding hydrogens is 455 g/mol. The first-order valence-corrected chi connectivity index (χ1v) is 11.0. The summed E-state index contributed by atoms with van der Waals surface area (Å²) in [5.41, 5.74) is 2.43. The maximum Gasteiger partial charge on any atom is 0.308 e. The molecule has 10 heteroatoms. The standard InChI is InChI=1S/C22H26Cl2N4O4/c1-14(2)32-20-11-18(28(25-20)13-15-6-7-17(23)10-19(15)24)5-4-8-31-22-16(9-21(29)30)12-27(3)26-22/h6-7,10-12,14H,4-5,8-9,13H2,1-3H3,(H,29,30). The van der Waals surface area contributed by atoms with E-state index in [0.717, 1.165) is 11.3 Å². The molecule has 0 aliphatic carbocycles. The van der Waals surface area contributed by atoms with E-state index < -0.39 is 5.97 Å². The summed E-state index contributed by atoms with van der Waals surface area (Å²) >= 11 is 12.4. The zero-order chi connectivity index (χ0) is 23.3.